The summed E-state index contributed by atoms with van der Waals surface area (Å²) in [6, 6.07) is 31.2. The van der Waals surface area contributed by atoms with Gasteiger partial charge in [0.05, 0.1) is 18.6 Å². The summed E-state index contributed by atoms with van der Waals surface area (Å²) >= 11 is 0. The first-order valence-corrected chi connectivity index (χ1v) is 10.3. The van der Waals surface area contributed by atoms with Crippen LogP contribution in [0.15, 0.2) is 110 Å². The maximum atomic E-state index is 11.7. The minimum Gasteiger partial charge on any atom is -0.463 e. The van der Waals surface area contributed by atoms with E-state index in [1.54, 1.807) is 13.0 Å². The average molecular weight is 409 g/mol. The maximum absolute atomic E-state index is 11.7. The van der Waals surface area contributed by atoms with Gasteiger partial charge in [-0.2, -0.15) is 0 Å². The molecule has 4 rings (SSSR count). The minimum atomic E-state index is -0.618. The molecule has 4 aromatic rings. The van der Waals surface area contributed by atoms with E-state index in [0.29, 0.717) is 12.3 Å². The SMILES string of the molecule is CCOC(=O)C=Cc1cn(C(c2ccccc2)(c2ccccc2)c2ccccc2)cn1. The molecule has 0 atom stereocenters. The lowest BCUT2D eigenvalue weighted by molar-refractivity contribution is -0.137. The molecule has 0 aliphatic carbocycles. The lowest BCUT2D eigenvalue weighted by Crippen LogP contribution is -2.36. The Labute approximate surface area is 182 Å². The van der Waals surface area contributed by atoms with Crippen molar-refractivity contribution in [1.29, 1.82) is 0 Å². The Morgan fingerprint density at radius 1 is 0.871 bits per heavy atom. The van der Waals surface area contributed by atoms with Gasteiger partial charge in [0.15, 0.2) is 0 Å². The van der Waals surface area contributed by atoms with Crippen LogP contribution in [-0.2, 0) is 15.1 Å². The largest absolute Gasteiger partial charge is 0.463 e. The number of benzene rings is 3. The summed E-state index contributed by atoms with van der Waals surface area (Å²) in [5.41, 5.74) is 3.41. The topological polar surface area (TPSA) is 44.1 Å². The first-order chi connectivity index (χ1) is 15.2. The van der Waals surface area contributed by atoms with Crippen molar-refractivity contribution in [3.05, 3.63) is 132 Å². The number of hydrogen-bond acceptors (Lipinski definition) is 3. The summed E-state index contributed by atoms with van der Waals surface area (Å²) < 4.78 is 7.09. The van der Waals surface area contributed by atoms with Crippen molar-refractivity contribution in [2.45, 2.75) is 12.5 Å². The van der Waals surface area contributed by atoms with E-state index in [0.717, 1.165) is 16.7 Å². The van der Waals surface area contributed by atoms with Crippen LogP contribution in [0.5, 0.6) is 0 Å². The van der Waals surface area contributed by atoms with Gasteiger partial charge >= 0.3 is 5.97 Å². The number of ether oxygens (including phenoxy) is 1. The van der Waals surface area contributed by atoms with Crippen LogP contribution in [0.3, 0.4) is 0 Å². The van der Waals surface area contributed by atoms with Crippen LogP contribution in [-0.4, -0.2) is 22.1 Å². The van der Waals surface area contributed by atoms with Crippen LogP contribution in [0.2, 0.25) is 0 Å². The molecule has 0 bridgehead atoms. The van der Waals surface area contributed by atoms with E-state index in [4.69, 9.17) is 4.74 Å². The molecular weight excluding hydrogens is 384 g/mol. The number of hydrogen-bond donors (Lipinski definition) is 0. The molecule has 4 heteroatoms. The van der Waals surface area contributed by atoms with Crippen molar-refractivity contribution < 1.29 is 9.53 Å². The predicted molar refractivity (Wildman–Crippen MR) is 123 cm³/mol. The zero-order valence-electron chi connectivity index (χ0n) is 17.4. The third kappa shape index (κ3) is 4.05. The second-order valence-electron chi connectivity index (χ2n) is 7.10. The number of carbonyl (C=O) groups is 1. The summed E-state index contributed by atoms with van der Waals surface area (Å²) in [5.74, 6) is -0.377. The Hall–Kier alpha value is -3.92. The number of nitrogens with zero attached hydrogens (tertiary/aromatic N) is 2. The first kappa shape index (κ1) is 20.4. The highest BCUT2D eigenvalue weighted by molar-refractivity contribution is 5.86. The van der Waals surface area contributed by atoms with Crippen LogP contribution in [0, 0.1) is 0 Å². The van der Waals surface area contributed by atoms with E-state index in [-0.39, 0.29) is 5.97 Å². The zero-order chi connectivity index (χ0) is 21.5. The van der Waals surface area contributed by atoms with Crippen molar-refractivity contribution >= 4 is 12.0 Å². The predicted octanol–water partition coefficient (Wildman–Crippen LogP) is 5.30. The third-order valence-corrected chi connectivity index (χ3v) is 5.24. The Bertz CT molecular complexity index is 1050. The molecule has 0 radical (unpaired) electrons. The van der Waals surface area contributed by atoms with Gasteiger partial charge in [-0.15, -0.1) is 0 Å². The van der Waals surface area contributed by atoms with Gasteiger partial charge in [-0.05, 0) is 29.7 Å². The molecular formula is C27H24N2O2. The molecule has 0 unspecified atom stereocenters. The quantitative estimate of drug-likeness (QED) is 0.237. The van der Waals surface area contributed by atoms with E-state index in [9.17, 15) is 4.79 Å². The van der Waals surface area contributed by atoms with Crippen LogP contribution < -0.4 is 0 Å². The molecule has 0 fully saturated rings. The van der Waals surface area contributed by atoms with Crippen LogP contribution in [0.4, 0.5) is 0 Å². The van der Waals surface area contributed by atoms with Gasteiger partial charge in [0.2, 0.25) is 0 Å². The van der Waals surface area contributed by atoms with Gasteiger partial charge in [-0.25, -0.2) is 9.78 Å². The highest BCUT2D eigenvalue weighted by atomic mass is 16.5. The number of carbonyl (C=O) groups excluding carboxylic acids is 1. The Balaban J connectivity index is 1.93. The smallest absolute Gasteiger partial charge is 0.330 e. The molecule has 1 aromatic heterocycles. The first-order valence-electron chi connectivity index (χ1n) is 10.3. The lowest BCUT2D eigenvalue weighted by Gasteiger charge is -2.37. The van der Waals surface area contributed by atoms with Crippen molar-refractivity contribution in [1.82, 2.24) is 9.55 Å². The van der Waals surface area contributed by atoms with Gasteiger partial charge < -0.3 is 9.30 Å². The molecule has 1 heterocycles. The highest BCUT2D eigenvalue weighted by Crippen LogP contribution is 2.40. The van der Waals surface area contributed by atoms with Crippen LogP contribution in [0.25, 0.3) is 6.08 Å². The fraction of sp³-hybridized carbons (Fsp3) is 0.111. The molecule has 31 heavy (non-hydrogen) atoms. The van der Waals surface area contributed by atoms with E-state index >= 15 is 0 Å². The summed E-state index contributed by atoms with van der Waals surface area (Å²) in [4.78, 5) is 16.3. The number of esters is 1. The van der Waals surface area contributed by atoms with Gasteiger partial charge in [0, 0.05) is 12.3 Å². The van der Waals surface area contributed by atoms with E-state index in [1.165, 1.54) is 6.08 Å². The number of imidazole rings is 1. The second-order valence-corrected chi connectivity index (χ2v) is 7.10. The molecule has 0 N–H and O–H groups in total. The highest BCUT2D eigenvalue weighted by Gasteiger charge is 2.38. The summed E-state index contributed by atoms with van der Waals surface area (Å²) in [5, 5.41) is 0. The average Bonchev–Trinajstić information content (AvgIpc) is 3.30. The molecule has 0 amide bonds. The van der Waals surface area contributed by atoms with Gasteiger partial charge in [0.1, 0.15) is 5.54 Å². The van der Waals surface area contributed by atoms with Gasteiger partial charge in [0.25, 0.3) is 0 Å². The van der Waals surface area contributed by atoms with Crippen molar-refractivity contribution in [2.75, 3.05) is 6.61 Å². The van der Waals surface area contributed by atoms with Crippen LogP contribution >= 0.6 is 0 Å². The van der Waals surface area contributed by atoms with E-state index < -0.39 is 5.54 Å². The molecule has 4 nitrogen and oxygen atoms in total. The summed E-state index contributed by atoms with van der Waals surface area (Å²) in [6.45, 7) is 2.13. The van der Waals surface area contributed by atoms with Gasteiger partial charge in [-0.3, -0.25) is 0 Å². The Kier molecular flexibility index (Phi) is 6.08. The molecule has 0 spiro atoms. The maximum Gasteiger partial charge on any atom is 0.330 e. The zero-order valence-corrected chi connectivity index (χ0v) is 17.4. The third-order valence-electron chi connectivity index (χ3n) is 5.24. The van der Waals surface area contributed by atoms with Crippen molar-refractivity contribution in [3.63, 3.8) is 0 Å². The van der Waals surface area contributed by atoms with E-state index in [2.05, 4.69) is 82.3 Å². The Morgan fingerprint density at radius 3 is 1.81 bits per heavy atom. The second kappa shape index (κ2) is 9.26. The fourth-order valence-electron chi connectivity index (χ4n) is 3.94. The number of aromatic nitrogens is 2. The summed E-state index contributed by atoms with van der Waals surface area (Å²) in [7, 11) is 0. The molecule has 0 aliphatic heterocycles. The van der Waals surface area contributed by atoms with Gasteiger partial charge in [-0.1, -0.05) is 91.0 Å². The van der Waals surface area contributed by atoms with Crippen molar-refractivity contribution in [3.8, 4) is 0 Å². The molecule has 154 valence electrons. The minimum absolute atomic E-state index is 0.344. The lowest BCUT2D eigenvalue weighted by atomic mass is 9.77. The van der Waals surface area contributed by atoms with Crippen LogP contribution in [0.1, 0.15) is 29.3 Å². The monoisotopic (exact) mass is 408 g/mol. The van der Waals surface area contributed by atoms with Crippen molar-refractivity contribution in [2.24, 2.45) is 0 Å². The molecule has 0 aliphatic rings. The molecule has 3 aromatic carbocycles. The standard InChI is InChI=1S/C27H24N2O2/c1-2-31-26(30)19-18-25-20-29(21-28-25)27(22-12-6-3-7-13-22,23-14-8-4-9-15-23)24-16-10-5-11-17-24/h3-21H,2H2,1H3. The van der Waals surface area contributed by atoms with E-state index in [1.807, 2.05) is 30.7 Å². The normalized spacial score (nSPS) is 11.5. The Morgan fingerprint density at radius 2 is 1.35 bits per heavy atom. The number of rotatable bonds is 7. The molecule has 0 saturated heterocycles. The summed E-state index contributed by atoms with van der Waals surface area (Å²) in [6.07, 6.45) is 6.87. The fourth-order valence-corrected chi connectivity index (χ4v) is 3.94. The molecule has 0 saturated carbocycles.